The molecule has 0 atom stereocenters. The molecule has 1 rings (SSSR count). The summed E-state index contributed by atoms with van der Waals surface area (Å²) >= 11 is 0. The lowest BCUT2D eigenvalue weighted by atomic mass is 10.1. The lowest BCUT2D eigenvalue weighted by molar-refractivity contribution is 0.0635. The number of carbonyl (C=O) groups is 2. The first-order valence-corrected chi connectivity index (χ1v) is 6.55. The Labute approximate surface area is 124 Å². The number of methoxy groups -OCH3 is 1. The monoisotopic (exact) mass is 291 g/mol. The van der Waals surface area contributed by atoms with Gasteiger partial charge in [0.05, 0.1) is 5.69 Å². The number of hydrogen-bond acceptors (Lipinski definition) is 4. The van der Waals surface area contributed by atoms with E-state index in [0.29, 0.717) is 16.8 Å². The van der Waals surface area contributed by atoms with Crippen LogP contribution < -0.4 is 5.32 Å². The smallest absolute Gasteiger partial charge is 0.412 e. The highest BCUT2D eigenvalue weighted by molar-refractivity contribution is 5.99. The number of ketones is 1. The van der Waals surface area contributed by atoms with Crippen molar-refractivity contribution in [2.24, 2.45) is 0 Å². The number of Topliss-reactive ketones (excluding diaryl/α,β-unsaturated/α-hetero) is 1. The van der Waals surface area contributed by atoms with Crippen molar-refractivity contribution in [2.75, 3.05) is 19.0 Å². The minimum absolute atomic E-state index is 0.00935. The molecule has 0 heterocycles. The largest absolute Gasteiger partial charge is 0.444 e. The van der Waals surface area contributed by atoms with Gasteiger partial charge in [-0.3, -0.25) is 10.1 Å². The summed E-state index contributed by atoms with van der Waals surface area (Å²) < 4.78 is 10.0. The van der Waals surface area contributed by atoms with Gasteiger partial charge in [0.1, 0.15) is 12.2 Å². The van der Waals surface area contributed by atoms with Crippen LogP contribution in [0, 0.1) is 0 Å². The van der Waals surface area contributed by atoms with Crippen LogP contribution in [0.15, 0.2) is 24.8 Å². The zero-order chi connectivity index (χ0) is 16.0. The normalized spacial score (nSPS) is 10.9. The zero-order valence-electron chi connectivity index (χ0n) is 12.9. The van der Waals surface area contributed by atoms with Gasteiger partial charge in [0, 0.05) is 12.7 Å². The van der Waals surface area contributed by atoms with Crippen LogP contribution in [0.25, 0.3) is 6.08 Å². The third-order valence-corrected chi connectivity index (χ3v) is 2.50. The van der Waals surface area contributed by atoms with Gasteiger partial charge in [0.25, 0.3) is 0 Å². The molecule has 5 nitrogen and oxygen atoms in total. The van der Waals surface area contributed by atoms with Crippen molar-refractivity contribution in [3.63, 3.8) is 0 Å². The molecule has 0 unspecified atom stereocenters. The van der Waals surface area contributed by atoms with Gasteiger partial charge in [0.15, 0.2) is 5.78 Å². The van der Waals surface area contributed by atoms with Crippen LogP contribution in [-0.2, 0) is 9.47 Å². The second-order valence-electron chi connectivity index (χ2n) is 5.49. The molecule has 0 spiro atoms. The van der Waals surface area contributed by atoms with Crippen LogP contribution in [0.1, 0.15) is 36.7 Å². The molecule has 0 aliphatic carbocycles. The van der Waals surface area contributed by atoms with Crippen LogP contribution in [0.2, 0.25) is 0 Å². The fourth-order valence-electron chi connectivity index (χ4n) is 1.65. The third-order valence-electron chi connectivity index (χ3n) is 2.50. The van der Waals surface area contributed by atoms with Crippen LogP contribution >= 0.6 is 0 Å². The number of anilines is 1. The Morgan fingerprint density at radius 1 is 1.33 bits per heavy atom. The van der Waals surface area contributed by atoms with E-state index in [1.807, 2.05) is 0 Å². The second-order valence-corrected chi connectivity index (χ2v) is 5.49. The molecule has 1 aromatic rings. The average Bonchev–Trinajstić information content (AvgIpc) is 2.37. The molecule has 5 heteroatoms. The first-order valence-electron chi connectivity index (χ1n) is 6.55. The standard InChI is InChI=1S/C16H21NO4/c1-6-11-9-12(14(18)10-20-5)7-8-13(11)17-15(19)21-16(2,3)4/h6-9H,1,10H2,2-5H3,(H,17,19). The quantitative estimate of drug-likeness (QED) is 0.843. The number of ether oxygens (including phenoxy) is 2. The van der Waals surface area contributed by atoms with Crippen molar-refractivity contribution in [2.45, 2.75) is 26.4 Å². The van der Waals surface area contributed by atoms with E-state index in [4.69, 9.17) is 9.47 Å². The fraction of sp³-hybridized carbons (Fsp3) is 0.375. The van der Waals surface area contributed by atoms with Crippen LogP contribution in [0.4, 0.5) is 10.5 Å². The summed E-state index contributed by atoms with van der Waals surface area (Å²) in [5.74, 6) is -0.135. The van der Waals surface area contributed by atoms with E-state index in [9.17, 15) is 9.59 Å². The Hall–Kier alpha value is -2.14. The molecule has 0 aromatic heterocycles. The highest BCUT2D eigenvalue weighted by Crippen LogP contribution is 2.20. The molecule has 114 valence electrons. The highest BCUT2D eigenvalue weighted by atomic mass is 16.6. The summed E-state index contributed by atoms with van der Waals surface area (Å²) in [5.41, 5.74) is 1.10. The number of hydrogen-bond donors (Lipinski definition) is 1. The lowest BCUT2D eigenvalue weighted by Gasteiger charge is -2.20. The summed E-state index contributed by atoms with van der Waals surface area (Å²) in [6.07, 6.45) is 1.01. The summed E-state index contributed by atoms with van der Waals surface area (Å²) in [6, 6.07) is 4.92. The lowest BCUT2D eigenvalue weighted by Crippen LogP contribution is -2.27. The number of benzene rings is 1. The van der Waals surface area contributed by atoms with Crippen LogP contribution in [-0.4, -0.2) is 31.2 Å². The summed E-state index contributed by atoms with van der Waals surface area (Å²) in [7, 11) is 1.46. The first-order chi connectivity index (χ1) is 9.76. The minimum atomic E-state index is -0.577. The summed E-state index contributed by atoms with van der Waals surface area (Å²) in [6.45, 7) is 9.05. The Bertz CT molecular complexity index is 544. The summed E-state index contributed by atoms with van der Waals surface area (Å²) in [4.78, 5) is 23.5. The van der Waals surface area contributed by atoms with Gasteiger partial charge in [-0.25, -0.2) is 4.79 Å². The maximum absolute atomic E-state index is 11.8. The van der Waals surface area contributed by atoms with Crippen LogP contribution in [0.3, 0.4) is 0 Å². The Kier molecular flexibility index (Phi) is 5.67. The molecule has 0 saturated carbocycles. The van der Waals surface area contributed by atoms with Crippen molar-refractivity contribution in [3.8, 4) is 0 Å². The molecular weight excluding hydrogens is 270 g/mol. The van der Waals surface area contributed by atoms with Gasteiger partial charge in [0.2, 0.25) is 0 Å². The minimum Gasteiger partial charge on any atom is -0.444 e. The van der Waals surface area contributed by atoms with E-state index in [1.165, 1.54) is 7.11 Å². The molecule has 0 aliphatic heterocycles. The van der Waals surface area contributed by atoms with Gasteiger partial charge in [-0.1, -0.05) is 12.7 Å². The van der Waals surface area contributed by atoms with E-state index < -0.39 is 11.7 Å². The average molecular weight is 291 g/mol. The third kappa shape index (κ3) is 5.39. The molecule has 0 radical (unpaired) electrons. The van der Waals surface area contributed by atoms with E-state index in [2.05, 4.69) is 11.9 Å². The SMILES string of the molecule is C=Cc1cc(C(=O)COC)ccc1NC(=O)OC(C)(C)C. The fourth-order valence-corrected chi connectivity index (χ4v) is 1.65. The molecule has 1 aromatic carbocycles. The molecule has 0 aliphatic rings. The molecule has 0 bridgehead atoms. The zero-order valence-corrected chi connectivity index (χ0v) is 12.9. The van der Waals surface area contributed by atoms with Crippen molar-refractivity contribution < 1.29 is 19.1 Å². The van der Waals surface area contributed by atoms with Crippen molar-refractivity contribution >= 4 is 23.6 Å². The number of rotatable bonds is 5. The molecule has 0 fully saturated rings. The van der Waals surface area contributed by atoms with E-state index >= 15 is 0 Å². The van der Waals surface area contributed by atoms with Crippen molar-refractivity contribution in [1.82, 2.24) is 0 Å². The van der Waals surface area contributed by atoms with E-state index in [1.54, 1.807) is 45.0 Å². The van der Waals surface area contributed by atoms with Crippen molar-refractivity contribution in [1.29, 1.82) is 0 Å². The first kappa shape index (κ1) is 16.9. The van der Waals surface area contributed by atoms with Crippen molar-refractivity contribution in [3.05, 3.63) is 35.9 Å². The number of carbonyl (C=O) groups excluding carboxylic acids is 2. The summed E-state index contributed by atoms with van der Waals surface area (Å²) in [5, 5.41) is 2.64. The second kappa shape index (κ2) is 7.04. The molecular formula is C16H21NO4. The van der Waals surface area contributed by atoms with Gasteiger partial charge in [-0.2, -0.15) is 0 Å². The maximum atomic E-state index is 11.8. The van der Waals surface area contributed by atoms with Gasteiger partial charge >= 0.3 is 6.09 Å². The maximum Gasteiger partial charge on any atom is 0.412 e. The predicted octanol–water partition coefficient (Wildman–Crippen LogP) is 3.51. The molecule has 1 N–H and O–H groups in total. The topological polar surface area (TPSA) is 64.6 Å². The van der Waals surface area contributed by atoms with E-state index in [-0.39, 0.29) is 12.4 Å². The Morgan fingerprint density at radius 2 is 2.00 bits per heavy atom. The number of amides is 1. The predicted molar refractivity (Wildman–Crippen MR) is 82.6 cm³/mol. The molecule has 1 amide bonds. The molecule has 0 saturated heterocycles. The van der Waals surface area contributed by atoms with Gasteiger partial charge in [-0.15, -0.1) is 0 Å². The molecule has 21 heavy (non-hydrogen) atoms. The van der Waals surface area contributed by atoms with Crippen LogP contribution in [0.5, 0.6) is 0 Å². The number of nitrogens with one attached hydrogen (secondary N) is 1. The Balaban J connectivity index is 2.92. The van der Waals surface area contributed by atoms with E-state index in [0.717, 1.165) is 0 Å². The van der Waals surface area contributed by atoms with Gasteiger partial charge in [-0.05, 0) is 44.5 Å². The highest BCUT2D eigenvalue weighted by Gasteiger charge is 2.17. The van der Waals surface area contributed by atoms with Gasteiger partial charge < -0.3 is 9.47 Å². The Morgan fingerprint density at radius 3 is 2.52 bits per heavy atom.